The molecule has 1 N–H and O–H groups in total. The van der Waals surface area contributed by atoms with Gasteiger partial charge in [-0.3, -0.25) is 4.79 Å². The summed E-state index contributed by atoms with van der Waals surface area (Å²) >= 11 is 0. The zero-order valence-electron chi connectivity index (χ0n) is 20.1. The molecule has 0 bridgehead atoms. The van der Waals surface area contributed by atoms with E-state index in [1.54, 1.807) is 18.2 Å². The molecule has 2 fully saturated rings. The zero-order valence-corrected chi connectivity index (χ0v) is 20.1. The largest absolute Gasteiger partial charge is 0.508 e. The minimum Gasteiger partial charge on any atom is -0.508 e. The van der Waals surface area contributed by atoms with Crippen molar-refractivity contribution in [1.29, 1.82) is 0 Å². The molecular formula is C29H26F3N3O2. The van der Waals surface area contributed by atoms with E-state index in [1.807, 2.05) is 39.8 Å². The minimum atomic E-state index is -4.45. The SMILES string of the molecule is O=C(C1CC1)N1CCC(Cn2c(-c3ccc(-c4cccc(O)c4)cc3)nc3cc(C(F)(F)F)ccc32)C1. The first kappa shape index (κ1) is 23.6. The second-order valence-electron chi connectivity index (χ2n) is 10.1. The van der Waals surface area contributed by atoms with Crippen LogP contribution in [0.15, 0.2) is 66.7 Å². The van der Waals surface area contributed by atoms with E-state index in [0.717, 1.165) is 54.6 Å². The second-order valence-corrected chi connectivity index (χ2v) is 10.1. The topological polar surface area (TPSA) is 58.4 Å². The van der Waals surface area contributed by atoms with Crippen LogP contribution in [0.4, 0.5) is 13.2 Å². The Morgan fingerprint density at radius 2 is 1.70 bits per heavy atom. The van der Waals surface area contributed by atoms with Crippen molar-refractivity contribution in [3.05, 3.63) is 72.3 Å². The van der Waals surface area contributed by atoms with Gasteiger partial charge in [0.05, 0.1) is 16.6 Å². The summed E-state index contributed by atoms with van der Waals surface area (Å²) in [6, 6.07) is 18.3. The van der Waals surface area contributed by atoms with Crippen LogP contribution in [-0.4, -0.2) is 38.6 Å². The number of amides is 1. The lowest BCUT2D eigenvalue weighted by atomic mass is 10.0. The van der Waals surface area contributed by atoms with Gasteiger partial charge in [-0.15, -0.1) is 0 Å². The molecule has 1 saturated heterocycles. The van der Waals surface area contributed by atoms with Gasteiger partial charge >= 0.3 is 6.18 Å². The highest BCUT2D eigenvalue weighted by Crippen LogP contribution is 2.36. The highest BCUT2D eigenvalue weighted by atomic mass is 19.4. The van der Waals surface area contributed by atoms with Crippen LogP contribution in [0.1, 0.15) is 24.8 Å². The molecule has 0 radical (unpaired) electrons. The van der Waals surface area contributed by atoms with Crippen molar-refractivity contribution in [3.8, 4) is 28.3 Å². The number of carbonyl (C=O) groups excluding carboxylic acids is 1. The van der Waals surface area contributed by atoms with Gasteiger partial charge in [0.25, 0.3) is 0 Å². The van der Waals surface area contributed by atoms with Crippen LogP contribution in [0.3, 0.4) is 0 Å². The summed E-state index contributed by atoms with van der Waals surface area (Å²) < 4.78 is 42.2. The normalized spacial score (nSPS) is 18.0. The lowest BCUT2D eigenvalue weighted by Gasteiger charge is -2.18. The van der Waals surface area contributed by atoms with Gasteiger partial charge in [0.15, 0.2) is 0 Å². The van der Waals surface area contributed by atoms with Crippen molar-refractivity contribution in [2.24, 2.45) is 11.8 Å². The number of alkyl halides is 3. The smallest absolute Gasteiger partial charge is 0.416 e. The fraction of sp³-hybridized carbons (Fsp3) is 0.310. The molecule has 5 nitrogen and oxygen atoms in total. The first-order valence-electron chi connectivity index (χ1n) is 12.5. The van der Waals surface area contributed by atoms with Gasteiger partial charge in [-0.2, -0.15) is 13.2 Å². The third kappa shape index (κ3) is 4.68. The van der Waals surface area contributed by atoms with Crippen molar-refractivity contribution >= 4 is 16.9 Å². The first-order chi connectivity index (χ1) is 17.8. The third-order valence-corrected chi connectivity index (χ3v) is 7.36. The van der Waals surface area contributed by atoms with E-state index in [1.165, 1.54) is 6.07 Å². The number of benzene rings is 3. The predicted octanol–water partition coefficient (Wildman–Crippen LogP) is 6.35. The molecule has 2 aliphatic rings. The molecule has 2 heterocycles. The number of hydrogen-bond acceptors (Lipinski definition) is 3. The first-order valence-corrected chi connectivity index (χ1v) is 12.5. The molecule has 1 atom stereocenters. The number of halogens is 3. The fourth-order valence-electron chi connectivity index (χ4n) is 5.24. The number of aromatic nitrogens is 2. The van der Waals surface area contributed by atoms with Crippen molar-refractivity contribution in [2.75, 3.05) is 13.1 Å². The van der Waals surface area contributed by atoms with Crippen LogP contribution >= 0.6 is 0 Å². The fourth-order valence-corrected chi connectivity index (χ4v) is 5.24. The highest BCUT2D eigenvalue weighted by molar-refractivity contribution is 5.82. The Morgan fingerprint density at radius 1 is 0.946 bits per heavy atom. The van der Waals surface area contributed by atoms with Gasteiger partial charge in [0, 0.05) is 31.1 Å². The van der Waals surface area contributed by atoms with E-state index < -0.39 is 11.7 Å². The third-order valence-electron chi connectivity index (χ3n) is 7.36. The summed E-state index contributed by atoms with van der Waals surface area (Å²) in [7, 11) is 0. The van der Waals surface area contributed by atoms with Gasteiger partial charge in [0.2, 0.25) is 5.91 Å². The molecule has 1 aliphatic heterocycles. The average molecular weight is 506 g/mol. The van der Waals surface area contributed by atoms with Crippen LogP contribution in [0, 0.1) is 11.8 Å². The molecule has 37 heavy (non-hydrogen) atoms. The van der Waals surface area contributed by atoms with Crippen LogP contribution in [0.2, 0.25) is 0 Å². The molecular weight excluding hydrogens is 479 g/mol. The number of phenols is 1. The predicted molar refractivity (Wildman–Crippen MR) is 135 cm³/mol. The number of carbonyl (C=O) groups is 1. The molecule has 1 unspecified atom stereocenters. The number of imidazole rings is 1. The Hall–Kier alpha value is -3.81. The zero-order chi connectivity index (χ0) is 25.7. The van der Waals surface area contributed by atoms with Crippen molar-refractivity contribution in [2.45, 2.75) is 32.0 Å². The summed E-state index contributed by atoms with van der Waals surface area (Å²) in [6.45, 7) is 1.95. The number of nitrogens with zero attached hydrogens (tertiary/aromatic N) is 3. The summed E-state index contributed by atoms with van der Waals surface area (Å²) in [5, 5.41) is 9.81. The average Bonchev–Trinajstić information content (AvgIpc) is 3.53. The van der Waals surface area contributed by atoms with E-state index >= 15 is 0 Å². The Labute approximate surface area is 212 Å². The molecule has 6 rings (SSSR count). The lowest BCUT2D eigenvalue weighted by molar-refractivity contribution is -0.137. The van der Waals surface area contributed by atoms with Crippen LogP contribution in [0.5, 0.6) is 5.75 Å². The Morgan fingerprint density at radius 3 is 2.41 bits per heavy atom. The molecule has 3 aromatic carbocycles. The van der Waals surface area contributed by atoms with Crippen molar-refractivity contribution in [3.63, 3.8) is 0 Å². The number of phenolic OH excluding ortho intramolecular Hbond substituents is 1. The van der Waals surface area contributed by atoms with E-state index in [0.29, 0.717) is 29.9 Å². The number of hydrogen-bond donors (Lipinski definition) is 1. The number of rotatable bonds is 5. The van der Waals surface area contributed by atoms with Crippen LogP contribution in [0.25, 0.3) is 33.5 Å². The number of fused-ring (bicyclic) bond motifs is 1. The second kappa shape index (κ2) is 8.94. The van der Waals surface area contributed by atoms with E-state index in [9.17, 15) is 23.1 Å². The Bertz CT molecular complexity index is 1470. The minimum absolute atomic E-state index is 0.175. The van der Waals surface area contributed by atoms with E-state index in [-0.39, 0.29) is 23.5 Å². The molecule has 0 spiro atoms. The Kier molecular flexibility index (Phi) is 5.70. The molecule has 190 valence electrons. The quantitative estimate of drug-likeness (QED) is 0.344. The van der Waals surface area contributed by atoms with Crippen molar-refractivity contribution in [1.82, 2.24) is 14.5 Å². The highest BCUT2D eigenvalue weighted by Gasteiger charge is 2.37. The lowest BCUT2D eigenvalue weighted by Crippen LogP contribution is -2.30. The van der Waals surface area contributed by atoms with Gasteiger partial charge < -0.3 is 14.6 Å². The molecule has 4 aromatic rings. The van der Waals surface area contributed by atoms with Gasteiger partial charge in [-0.25, -0.2) is 4.98 Å². The standard InChI is InChI=1S/C29H26F3N3O2/c30-29(31,32)23-10-11-26-25(15-23)33-27(20-6-4-19(5-7-20)22-2-1-3-24(36)14-22)35(26)17-18-12-13-34(16-18)28(37)21-8-9-21/h1-7,10-11,14-15,18,21,36H,8-9,12-13,16-17H2. The van der Waals surface area contributed by atoms with Crippen LogP contribution < -0.4 is 0 Å². The maximum Gasteiger partial charge on any atom is 0.416 e. The number of likely N-dealkylation sites (tertiary alicyclic amines) is 1. The Balaban J connectivity index is 1.35. The molecule has 1 aliphatic carbocycles. The van der Waals surface area contributed by atoms with Crippen LogP contribution in [-0.2, 0) is 17.5 Å². The molecule has 1 aromatic heterocycles. The van der Waals surface area contributed by atoms with Gasteiger partial charge in [0.1, 0.15) is 11.6 Å². The maximum absolute atomic E-state index is 13.4. The van der Waals surface area contributed by atoms with Gasteiger partial charge in [-0.1, -0.05) is 36.4 Å². The van der Waals surface area contributed by atoms with E-state index in [4.69, 9.17) is 0 Å². The van der Waals surface area contributed by atoms with Crippen molar-refractivity contribution < 1.29 is 23.1 Å². The summed E-state index contributed by atoms with van der Waals surface area (Å²) in [4.78, 5) is 19.1. The summed E-state index contributed by atoms with van der Waals surface area (Å²) in [5.41, 5.74) is 2.78. The molecule has 8 heteroatoms. The summed E-state index contributed by atoms with van der Waals surface area (Å²) in [5.74, 6) is 1.39. The molecule has 1 amide bonds. The monoisotopic (exact) mass is 505 g/mol. The number of aromatic hydroxyl groups is 1. The molecule has 1 saturated carbocycles. The van der Waals surface area contributed by atoms with Gasteiger partial charge in [-0.05, 0) is 66.6 Å². The van der Waals surface area contributed by atoms with E-state index in [2.05, 4.69) is 4.98 Å². The summed E-state index contributed by atoms with van der Waals surface area (Å²) in [6.07, 6.45) is -1.66. The maximum atomic E-state index is 13.4.